The number of carbonyl (C=O) groups excluding carboxylic acids is 4. The lowest BCUT2D eigenvalue weighted by Crippen LogP contribution is -2.57. The number of ketones is 1. The van der Waals surface area contributed by atoms with Crippen LogP contribution >= 0.6 is 23.2 Å². The van der Waals surface area contributed by atoms with E-state index in [9.17, 15) is 19.2 Å². The number of ether oxygens (including phenoxy) is 1. The van der Waals surface area contributed by atoms with Crippen LogP contribution in [0.25, 0.3) is 0 Å². The number of carbonyl (C=O) groups is 4. The van der Waals surface area contributed by atoms with Crippen molar-refractivity contribution < 1.29 is 23.9 Å². The van der Waals surface area contributed by atoms with Crippen LogP contribution in [-0.4, -0.2) is 41.1 Å². The topological polar surface area (TPSA) is 80.8 Å². The number of aryl methyl sites for hydroxylation is 1. The zero-order chi connectivity index (χ0) is 27.7. The Labute approximate surface area is 235 Å². The average Bonchev–Trinajstić information content (AvgIpc) is 3.20. The molecule has 0 N–H and O–H groups in total. The SMILES string of the molecule is Cc1ccc(C(=O)[C@H](C)OC(=O)CCN2C(=O)[C@H]3[C@H](C2=O)C2(Cl)c4ccccc4C3(Cl)c3ccccc32)cc1. The van der Waals surface area contributed by atoms with Gasteiger partial charge in [-0.25, -0.2) is 0 Å². The second-order valence-electron chi connectivity index (χ2n) is 10.4. The molecule has 0 radical (unpaired) electrons. The Morgan fingerprint density at radius 3 is 1.69 bits per heavy atom. The van der Waals surface area contributed by atoms with E-state index < -0.39 is 45.5 Å². The summed E-state index contributed by atoms with van der Waals surface area (Å²) in [7, 11) is 0. The fraction of sp³-hybridized carbons (Fsp3) is 0.290. The van der Waals surface area contributed by atoms with Crippen molar-refractivity contribution in [3.8, 4) is 0 Å². The average molecular weight is 562 g/mol. The first kappa shape index (κ1) is 25.8. The lowest BCUT2D eigenvalue weighted by molar-refractivity contribution is -0.148. The summed E-state index contributed by atoms with van der Waals surface area (Å²) in [6, 6.07) is 21.8. The second kappa shape index (κ2) is 9.04. The van der Waals surface area contributed by atoms with Gasteiger partial charge in [-0.15, -0.1) is 23.2 Å². The molecular formula is C31H25Cl2NO5. The van der Waals surface area contributed by atoms with Gasteiger partial charge in [0.1, 0.15) is 9.75 Å². The van der Waals surface area contributed by atoms with Gasteiger partial charge in [0.25, 0.3) is 0 Å². The molecule has 8 heteroatoms. The van der Waals surface area contributed by atoms with Crippen LogP contribution in [0.4, 0.5) is 0 Å². The Kier molecular flexibility index (Phi) is 5.97. The van der Waals surface area contributed by atoms with E-state index >= 15 is 0 Å². The fourth-order valence-electron chi connectivity index (χ4n) is 6.41. The summed E-state index contributed by atoms with van der Waals surface area (Å²) in [4.78, 5) is 51.5. The number of benzene rings is 3. The summed E-state index contributed by atoms with van der Waals surface area (Å²) >= 11 is 14.8. The molecule has 3 atom stereocenters. The Hall–Kier alpha value is -3.48. The molecule has 0 unspecified atom stereocenters. The van der Waals surface area contributed by atoms with Crippen LogP contribution in [0, 0.1) is 18.8 Å². The minimum absolute atomic E-state index is 0.193. The maximum Gasteiger partial charge on any atom is 0.308 e. The molecule has 1 saturated heterocycles. The molecule has 2 bridgehead atoms. The van der Waals surface area contributed by atoms with E-state index in [1.807, 2.05) is 67.6 Å². The van der Waals surface area contributed by atoms with E-state index in [1.54, 1.807) is 12.1 Å². The van der Waals surface area contributed by atoms with Gasteiger partial charge < -0.3 is 4.74 Å². The summed E-state index contributed by atoms with van der Waals surface area (Å²) in [6.07, 6.45) is -1.27. The third-order valence-electron chi connectivity index (χ3n) is 8.23. The number of esters is 1. The maximum absolute atomic E-state index is 13.8. The fourth-order valence-corrected chi connectivity index (χ4v) is 7.51. The number of imide groups is 1. The molecule has 4 aliphatic rings. The van der Waals surface area contributed by atoms with Gasteiger partial charge in [-0.05, 0) is 36.1 Å². The second-order valence-corrected chi connectivity index (χ2v) is 11.6. The van der Waals surface area contributed by atoms with Gasteiger partial charge in [-0.1, -0.05) is 78.4 Å². The molecule has 3 aromatic carbocycles. The number of likely N-dealkylation sites (tertiary alicyclic amines) is 1. The largest absolute Gasteiger partial charge is 0.454 e. The molecule has 0 aromatic heterocycles. The lowest BCUT2D eigenvalue weighted by atomic mass is 9.54. The van der Waals surface area contributed by atoms with Crippen molar-refractivity contribution in [1.82, 2.24) is 4.90 Å². The zero-order valence-electron chi connectivity index (χ0n) is 21.3. The van der Waals surface area contributed by atoms with Crippen LogP contribution in [0.5, 0.6) is 0 Å². The molecule has 7 rings (SSSR count). The standard InChI is InChI=1S/C31H25Cl2NO5/c1-17-11-13-19(14-12-17)27(36)18(2)39-24(35)15-16-34-28(37)25-26(29(34)38)31(33)21-8-4-3-7-20(21)30(25,32)22-9-5-6-10-23(22)31/h3-14,18,25-26H,15-16H2,1-2H3/t18-,25+,26+,30?,31?/m0/s1. The number of hydrogen-bond donors (Lipinski definition) is 0. The van der Waals surface area contributed by atoms with Crippen LogP contribution in [0.15, 0.2) is 72.8 Å². The summed E-state index contributed by atoms with van der Waals surface area (Å²) in [5.74, 6) is -3.80. The van der Waals surface area contributed by atoms with Crippen LogP contribution in [0.3, 0.4) is 0 Å². The van der Waals surface area contributed by atoms with Crippen molar-refractivity contribution in [2.24, 2.45) is 11.8 Å². The summed E-state index contributed by atoms with van der Waals surface area (Å²) in [5.41, 5.74) is 4.30. The van der Waals surface area contributed by atoms with Crippen LogP contribution in [-0.2, 0) is 28.9 Å². The number of alkyl halides is 2. The first-order chi connectivity index (χ1) is 18.6. The highest BCUT2D eigenvalue weighted by Gasteiger charge is 2.72. The first-order valence-corrected chi connectivity index (χ1v) is 13.6. The predicted octanol–water partition coefficient (Wildman–Crippen LogP) is 5.09. The predicted molar refractivity (Wildman–Crippen MR) is 146 cm³/mol. The number of nitrogens with zero attached hydrogens (tertiary/aromatic N) is 1. The van der Waals surface area contributed by atoms with Crippen molar-refractivity contribution in [2.75, 3.05) is 6.54 Å². The Bertz CT molecular complexity index is 1430. The van der Waals surface area contributed by atoms with Crippen molar-refractivity contribution in [2.45, 2.75) is 36.1 Å². The minimum atomic E-state index is -1.27. The van der Waals surface area contributed by atoms with Crippen molar-refractivity contribution in [1.29, 1.82) is 0 Å². The lowest BCUT2D eigenvalue weighted by Gasteiger charge is -2.54. The molecule has 3 aliphatic carbocycles. The molecule has 0 saturated carbocycles. The third-order valence-corrected chi connectivity index (χ3v) is 9.51. The molecule has 3 aromatic rings. The quantitative estimate of drug-likeness (QED) is 0.181. The summed E-state index contributed by atoms with van der Waals surface area (Å²) in [6.45, 7) is 3.22. The van der Waals surface area contributed by atoms with E-state index in [-0.39, 0.29) is 18.7 Å². The van der Waals surface area contributed by atoms with Gasteiger partial charge in [0.2, 0.25) is 17.6 Å². The van der Waals surface area contributed by atoms with Crippen molar-refractivity contribution >= 4 is 46.8 Å². The highest BCUT2D eigenvalue weighted by Crippen LogP contribution is 2.69. The number of Topliss-reactive ketones (excluding diaryl/α,β-unsaturated/α-hetero) is 1. The number of hydrogen-bond acceptors (Lipinski definition) is 5. The molecule has 39 heavy (non-hydrogen) atoms. The molecule has 0 spiro atoms. The third kappa shape index (κ3) is 3.54. The molecule has 1 fully saturated rings. The number of amides is 2. The molecule has 2 amide bonds. The van der Waals surface area contributed by atoms with Gasteiger partial charge in [0.15, 0.2) is 6.10 Å². The Morgan fingerprint density at radius 1 is 0.821 bits per heavy atom. The van der Waals surface area contributed by atoms with E-state index in [4.69, 9.17) is 27.9 Å². The van der Waals surface area contributed by atoms with E-state index in [1.165, 1.54) is 6.92 Å². The zero-order valence-corrected chi connectivity index (χ0v) is 22.8. The molecule has 1 aliphatic heterocycles. The smallest absolute Gasteiger partial charge is 0.308 e. The van der Waals surface area contributed by atoms with Gasteiger partial charge in [-0.2, -0.15) is 0 Å². The van der Waals surface area contributed by atoms with Crippen molar-refractivity contribution in [3.63, 3.8) is 0 Å². The monoisotopic (exact) mass is 561 g/mol. The normalized spacial score (nSPS) is 27.0. The van der Waals surface area contributed by atoms with E-state index in [0.717, 1.165) is 10.5 Å². The first-order valence-electron chi connectivity index (χ1n) is 12.8. The van der Waals surface area contributed by atoms with Gasteiger partial charge in [0.05, 0.1) is 18.3 Å². The van der Waals surface area contributed by atoms with E-state index in [2.05, 4.69) is 0 Å². The molecule has 1 heterocycles. The summed E-state index contributed by atoms with van der Waals surface area (Å²) in [5, 5.41) is 0. The number of rotatable bonds is 6. The van der Waals surface area contributed by atoms with Crippen LogP contribution < -0.4 is 0 Å². The van der Waals surface area contributed by atoms with Crippen LogP contribution in [0.2, 0.25) is 0 Å². The van der Waals surface area contributed by atoms with Gasteiger partial charge in [0, 0.05) is 12.1 Å². The molecular weight excluding hydrogens is 537 g/mol. The molecule has 6 nitrogen and oxygen atoms in total. The van der Waals surface area contributed by atoms with Crippen molar-refractivity contribution in [3.05, 3.63) is 106 Å². The molecule has 198 valence electrons. The maximum atomic E-state index is 13.8. The van der Waals surface area contributed by atoms with E-state index in [0.29, 0.717) is 27.8 Å². The Balaban J connectivity index is 1.24. The van der Waals surface area contributed by atoms with Gasteiger partial charge >= 0.3 is 5.97 Å². The van der Waals surface area contributed by atoms with Crippen LogP contribution in [0.1, 0.15) is 51.5 Å². The summed E-state index contributed by atoms with van der Waals surface area (Å²) < 4.78 is 5.35. The Morgan fingerprint density at radius 2 is 1.26 bits per heavy atom. The minimum Gasteiger partial charge on any atom is -0.454 e. The highest BCUT2D eigenvalue weighted by molar-refractivity contribution is 6.36. The highest BCUT2D eigenvalue weighted by atomic mass is 35.5. The van der Waals surface area contributed by atoms with Gasteiger partial charge in [-0.3, -0.25) is 24.1 Å². The number of halogens is 2.